The Bertz CT molecular complexity index is 896. The van der Waals surface area contributed by atoms with E-state index in [1.54, 1.807) is 6.92 Å². The van der Waals surface area contributed by atoms with E-state index < -0.39 is 38.9 Å². The molecule has 2 heterocycles. The van der Waals surface area contributed by atoms with Gasteiger partial charge in [0, 0.05) is 23.4 Å². The average Bonchev–Trinajstić information content (AvgIpc) is 3.14. The van der Waals surface area contributed by atoms with Crippen molar-refractivity contribution in [2.75, 3.05) is 6.54 Å². The van der Waals surface area contributed by atoms with Gasteiger partial charge >= 0.3 is 11.9 Å². The van der Waals surface area contributed by atoms with Gasteiger partial charge in [0.25, 0.3) is 11.8 Å². The maximum absolute atomic E-state index is 13.2. The molecule has 4 rings (SSSR count). The maximum Gasteiger partial charge on any atom is 0.313 e. The van der Waals surface area contributed by atoms with E-state index >= 15 is 0 Å². The second-order valence-electron chi connectivity index (χ2n) is 11.4. The third kappa shape index (κ3) is 2.26. The number of carbonyl (C=O) groups excluding carboxylic acids is 4. The summed E-state index contributed by atoms with van der Waals surface area (Å²) in [6.07, 6.45) is 2.19. The Morgan fingerprint density at radius 3 is 1.58 bits per heavy atom. The Labute approximate surface area is 183 Å². The molecule has 4 fully saturated rings. The SMILES string of the molecule is CC(CNC(=O)C12CCC(C)(C(=O)O1)C2(C)C)NC(=O)C12CCC(C)(C(=O)O1)C2(C)C. The molecular formula is C23H34N2O6. The molecule has 2 aliphatic carbocycles. The van der Waals surface area contributed by atoms with Crippen molar-refractivity contribution in [2.45, 2.75) is 91.4 Å². The fourth-order valence-electron chi connectivity index (χ4n) is 6.27. The normalized spacial score (nSPS) is 42.2. The Morgan fingerprint density at radius 2 is 1.23 bits per heavy atom. The van der Waals surface area contributed by atoms with Crippen LogP contribution in [0, 0.1) is 21.7 Å². The minimum Gasteiger partial charge on any atom is -0.448 e. The Hall–Kier alpha value is -2.12. The van der Waals surface area contributed by atoms with E-state index in [1.165, 1.54) is 0 Å². The van der Waals surface area contributed by atoms with E-state index in [2.05, 4.69) is 10.6 Å². The molecule has 0 spiro atoms. The first kappa shape index (κ1) is 22.1. The summed E-state index contributed by atoms with van der Waals surface area (Å²) in [4.78, 5) is 51.1. The highest BCUT2D eigenvalue weighted by Crippen LogP contribution is 2.66. The van der Waals surface area contributed by atoms with Gasteiger partial charge in [-0.2, -0.15) is 0 Å². The van der Waals surface area contributed by atoms with E-state index in [1.807, 2.05) is 41.5 Å². The summed E-state index contributed by atoms with van der Waals surface area (Å²) < 4.78 is 11.2. The monoisotopic (exact) mass is 434 g/mol. The quantitative estimate of drug-likeness (QED) is 0.639. The summed E-state index contributed by atoms with van der Waals surface area (Å²) in [6, 6.07) is -0.391. The number of ether oxygens (including phenoxy) is 2. The molecule has 2 aliphatic heterocycles. The van der Waals surface area contributed by atoms with Crippen LogP contribution in [0.5, 0.6) is 0 Å². The van der Waals surface area contributed by atoms with Crippen molar-refractivity contribution in [2.24, 2.45) is 21.7 Å². The first-order chi connectivity index (χ1) is 14.1. The highest BCUT2D eigenvalue weighted by molar-refractivity contribution is 5.97. The number of hydrogen-bond donors (Lipinski definition) is 2. The molecule has 0 aromatic rings. The average molecular weight is 435 g/mol. The third-order valence-electron chi connectivity index (χ3n) is 9.85. The molecule has 172 valence electrons. The minimum atomic E-state index is -1.19. The lowest BCUT2D eigenvalue weighted by molar-refractivity contribution is -0.169. The lowest BCUT2D eigenvalue weighted by atomic mass is 9.66. The predicted molar refractivity (Wildman–Crippen MR) is 111 cm³/mol. The van der Waals surface area contributed by atoms with Gasteiger partial charge in [0.1, 0.15) is 0 Å². The van der Waals surface area contributed by atoms with Crippen LogP contribution in [0.2, 0.25) is 0 Å². The van der Waals surface area contributed by atoms with Crippen molar-refractivity contribution in [3.05, 3.63) is 0 Å². The zero-order chi connectivity index (χ0) is 23.3. The molecular weight excluding hydrogens is 400 g/mol. The van der Waals surface area contributed by atoms with Gasteiger partial charge in [-0.1, -0.05) is 27.7 Å². The van der Waals surface area contributed by atoms with Crippen LogP contribution in [0.15, 0.2) is 0 Å². The van der Waals surface area contributed by atoms with Crippen LogP contribution in [0.25, 0.3) is 0 Å². The predicted octanol–water partition coefficient (Wildman–Crippen LogP) is 1.85. The topological polar surface area (TPSA) is 111 Å². The van der Waals surface area contributed by atoms with Gasteiger partial charge in [0.05, 0.1) is 10.8 Å². The van der Waals surface area contributed by atoms with Crippen molar-refractivity contribution < 1.29 is 28.7 Å². The van der Waals surface area contributed by atoms with Crippen molar-refractivity contribution in [3.63, 3.8) is 0 Å². The number of fused-ring (bicyclic) bond motifs is 4. The van der Waals surface area contributed by atoms with Crippen LogP contribution in [0.3, 0.4) is 0 Å². The molecule has 0 radical (unpaired) electrons. The molecule has 2 amide bonds. The molecule has 4 aliphatic rings. The van der Waals surface area contributed by atoms with Crippen molar-refractivity contribution in [3.8, 4) is 0 Å². The van der Waals surface area contributed by atoms with Gasteiger partial charge in [-0.15, -0.1) is 0 Å². The maximum atomic E-state index is 13.2. The van der Waals surface area contributed by atoms with Crippen molar-refractivity contribution in [1.29, 1.82) is 0 Å². The van der Waals surface area contributed by atoms with Crippen LogP contribution in [-0.2, 0) is 28.7 Å². The zero-order valence-corrected chi connectivity index (χ0v) is 19.6. The fraction of sp³-hybridized carbons (Fsp3) is 0.826. The number of rotatable bonds is 5. The molecule has 8 nitrogen and oxygen atoms in total. The molecule has 2 saturated carbocycles. The van der Waals surface area contributed by atoms with Crippen LogP contribution in [0.1, 0.15) is 74.1 Å². The molecule has 0 aromatic carbocycles. The van der Waals surface area contributed by atoms with Gasteiger partial charge in [0.2, 0.25) is 0 Å². The second-order valence-corrected chi connectivity index (χ2v) is 11.4. The molecule has 5 unspecified atom stereocenters. The smallest absolute Gasteiger partial charge is 0.313 e. The molecule has 2 saturated heterocycles. The van der Waals surface area contributed by atoms with Gasteiger partial charge in [-0.05, 0) is 46.5 Å². The lowest BCUT2D eigenvalue weighted by Gasteiger charge is -2.37. The van der Waals surface area contributed by atoms with Gasteiger partial charge < -0.3 is 20.1 Å². The van der Waals surface area contributed by atoms with E-state index in [9.17, 15) is 19.2 Å². The van der Waals surface area contributed by atoms with E-state index in [4.69, 9.17) is 9.47 Å². The van der Waals surface area contributed by atoms with Gasteiger partial charge in [0.15, 0.2) is 11.2 Å². The van der Waals surface area contributed by atoms with E-state index in [0.29, 0.717) is 25.7 Å². The van der Waals surface area contributed by atoms with Gasteiger partial charge in [-0.25, -0.2) is 0 Å². The Balaban J connectivity index is 1.41. The van der Waals surface area contributed by atoms with Crippen LogP contribution in [-0.4, -0.2) is 47.5 Å². The fourth-order valence-corrected chi connectivity index (χ4v) is 6.27. The summed E-state index contributed by atoms with van der Waals surface area (Å²) in [5, 5.41) is 5.79. The second kappa shape index (κ2) is 6.01. The summed E-state index contributed by atoms with van der Waals surface area (Å²) in [7, 11) is 0. The summed E-state index contributed by atoms with van der Waals surface area (Å²) in [5.41, 5.74) is -4.96. The summed E-state index contributed by atoms with van der Waals surface area (Å²) in [6.45, 7) is 13.3. The lowest BCUT2D eigenvalue weighted by Crippen LogP contribution is -2.58. The molecule has 0 aromatic heterocycles. The summed E-state index contributed by atoms with van der Waals surface area (Å²) >= 11 is 0. The first-order valence-electron chi connectivity index (χ1n) is 11.2. The molecule has 4 bridgehead atoms. The first-order valence-corrected chi connectivity index (χ1v) is 11.2. The van der Waals surface area contributed by atoms with Crippen molar-refractivity contribution in [1.82, 2.24) is 10.6 Å². The van der Waals surface area contributed by atoms with E-state index in [0.717, 1.165) is 0 Å². The number of hydrogen-bond acceptors (Lipinski definition) is 6. The van der Waals surface area contributed by atoms with Crippen LogP contribution < -0.4 is 10.6 Å². The molecule has 2 N–H and O–H groups in total. The standard InChI is InChI=1S/C23H34N2O6/c1-13(25-15(27)23-11-9-21(7,17(29)31-23)19(23,4)5)12-24-14(26)22-10-8-20(6,16(28)30-22)18(22,2)3/h13H,8-12H2,1-7H3,(H,24,26)(H,25,27). The van der Waals surface area contributed by atoms with E-state index in [-0.39, 0.29) is 30.3 Å². The Morgan fingerprint density at radius 1 is 0.806 bits per heavy atom. The number of carbonyl (C=O) groups is 4. The van der Waals surface area contributed by atoms with Crippen molar-refractivity contribution >= 4 is 23.8 Å². The number of amides is 2. The highest BCUT2D eigenvalue weighted by Gasteiger charge is 2.76. The molecule has 31 heavy (non-hydrogen) atoms. The zero-order valence-electron chi connectivity index (χ0n) is 19.6. The molecule has 8 heteroatoms. The number of esters is 2. The summed E-state index contributed by atoms with van der Waals surface area (Å²) in [5.74, 6) is -1.30. The highest BCUT2D eigenvalue weighted by atomic mass is 16.6. The molecule has 5 atom stereocenters. The third-order valence-corrected chi connectivity index (χ3v) is 9.85. The minimum absolute atomic E-state index is 0.179. The van der Waals surface area contributed by atoms with Crippen LogP contribution in [0.4, 0.5) is 0 Å². The van der Waals surface area contributed by atoms with Crippen LogP contribution >= 0.6 is 0 Å². The number of nitrogens with one attached hydrogen (secondary N) is 2. The largest absolute Gasteiger partial charge is 0.448 e. The van der Waals surface area contributed by atoms with Gasteiger partial charge in [-0.3, -0.25) is 19.2 Å². The Kier molecular flexibility index (Phi) is 4.28.